The van der Waals surface area contributed by atoms with E-state index in [1.54, 1.807) is 18.2 Å². The summed E-state index contributed by atoms with van der Waals surface area (Å²) in [6.07, 6.45) is 6.07. The summed E-state index contributed by atoms with van der Waals surface area (Å²) in [5, 5.41) is 3.92. The van der Waals surface area contributed by atoms with Crippen molar-refractivity contribution < 1.29 is 9.18 Å². The summed E-state index contributed by atoms with van der Waals surface area (Å²) in [5.41, 5.74) is 5.39. The minimum atomic E-state index is -0.336. The Bertz CT molecular complexity index is 853. The molecule has 0 unspecified atom stereocenters. The maximum Gasteiger partial charge on any atom is 0.271 e. The van der Waals surface area contributed by atoms with E-state index in [1.807, 2.05) is 18.2 Å². The van der Waals surface area contributed by atoms with Crippen molar-refractivity contribution in [2.75, 3.05) is 36.0 Å². The molecule has 146 valence electrons. The number of hydrogen-bond donors (Lipinski definition) is 1. The summed E-state index contributed by atoms with van der Waals surface area (Å²) in [4.78, 5) is 16.7. The smallest absolute Gasteiger partial charge is 0.271 e. The van der Waals surface area contributed by atoms with E-state index in [0.29, 0.717) is 11.1 Å². The van der Waals surface area contributed by atoms with E-state index in [9.17, 15) is 9.18 Å². The van der Waals surface area contributed by atoms with Crippen LogP contribution in [0.3, 0.4) is 0 Å². The number of carbonyl (C=O) groups is 1. The molecule has 0 radical (unpaired) electrons. The number of amides is 1. The summed E-state index contributed by atoms with van der Waals surface area (Å²) in [6.45, 7) is 4.08. The highest BCUT2D eigenvalue weighted by Gasteiger charge is 2.14. The topological polar surface area (TPSA) is 47.9 Å². The van der Waals surface area contributed by atoms with E-state index in [-0.39, 0.29) is 11.7 Å². The molecular weight excluding hydrogens is 355 g/mol. The maximum absolute atomic E-state index is 14.3. The van der Waals surface area contributed by atoms with Crippen molar-refractivity contribution in [1.82, 2.24) is 5.43 Å². The number of anilines is 2. The van der Waals surface area contributed by atoms with Crippen LogP contribution in [0.25, 0.3) is 0 Å². The highest BCUT2D eigenvalue weighted by atomic mass is 19.1. The number of benzene rings is 2. The predicted octanol–water partition coefficient (Wildman–Crippen LogP) is 3.79. The minimum absolute atomic E-state index is 0.307. The average Bonchev–Trinajstić information content (AvgIpc) is 3.43. The van der Waals surface area contributed by atoms with Gasteiger partial charge in [-0.05, 0) is 68.1 Å². The summed E-state index contributed by atoms with van der Waals surface area (Å²) in [5.74, 6) is -0.643. The van der Waals surface area contributed by atoms with Gasteiger partial charge in [0.05, 0.1) is 6.21 Å². The molecule has 5 nitrogen and oxygen atoms in total. The molecule has 28 heavy (non-hydrogen) atoms. The molecule has 4 rings (SSSR count). The highest BCUT2D eigenvalue weighted by molar-refractivity contribution is 5.95. The number of rotatable bonds is 5. The van der Waals surface area contributed by atoms with Gasteiger partial charge in [0.1, 0.15) is 5.82 Å². The molecule has 2 aliphatic rings. The molecule has 2 aromatic rings. The molecule has 2 aromatic carbocycles. The zero-order chi connectivity index (χ0) is 19.3. The number of halogens is 1. The number of nitrogens with one attached hydrogen (secondary N) is 1. The third-order valence-corrected chi connectivity index (χ3v) is 5.43. The summed E-state index contributed by atoms with van der Waals surface area (Å²) >= 11 is 0. The predicted molar refractivity (Wildman–Crippen MR) is 111 cm³/mol. The quantitative estimate of drug-likeness (QED) is 0.634. The lowest BCUT2D eigenvalue weighted by Crippen LogP contribution is -2.19. The zero-order valence-electron chi connectivity index (χ0n) is 15.9. The van der Waals surface area contributed by atoms with E-state index in [0.717, 1.165) is 50.4 Å². The fourth-order valence-electron chi connectivity index (χ4n) is 3.82. The molecule has 0 spiro atoms. The van der Waals surface area contributed by atoms with Gasteiger partial charge in [0.2, 0.25) is 0 Å². The van der Waals surface area contributed by atoms with Crippen LogP contribution < -0.4 is 15.2 Å². The van der Waals surface area contributed by atoms with Crippen molar-refractivity contribution in [1.29, 1.82) is 0 Å². The highest BCUT2D eigenvalue weighted by Crippen LogP contribution is 2.22. The van der Waals surface area contributed by atoms with Gasteiger partial charge in [0.15, 0.2) is 0 Å². The number of hydrogen-bond acceptors (Lipinski definition) is 4. The summed E-state index contributed by atoms with van der Waals surface area (Å²) < 4.78 is 14.3. The minimum Gasteiger partial charge on any atom is -0.372 e. The van der Waals surface area contributed by atoms with Gasteiger partial charge in [-0.1, -0.05) is 0 Å². The van der Waals surface area contributed by atoms with Crippen LogP contribution in [0.4, 0.5) is 15.8 Å². The Morgan fingerprint density at radius 2 is 1.46 bits per heavy atom. The fourth-order valence-corrected chi connectivity index (χ4v) is 3.82. The maximum atomic E-state index is 14.3. The zero-order valence-corrected chi connectivity index (χ0v) is 15.9. The van der Waals surface area contributed by atoms with Crippen molar-refractivity contribution in [2.24, 2.45) is 5.10 Å². The summed E-state index contributed by atoms with van der Waals surface area (Å²) in [6, 6.07) is 12.6. The van der Waals surface area contributed by atoms with Gasteiger partial charge in [-0.15, -0.1) is 0 Å². The third kappa shape index (κ3) is 4.16. The second kappa shape index (κ2) is 8.42. The Hall–Kier alpha value is -2.89. The van der Waals surface area contributed by atoms with Gasteiger partial charge in [-0.2, -0.15) is 5.10 Å². The molecule has 0 saturated carbocycles. The van der Waals surface area contributed by atoms with E-state index in [2.05, 4.69) is 20.3 Å². The Kier molecular flexibility index (Phi) is 5.55. The average molecular weight is 380 g/mol. The molecule has 2 fully saturated rings. The Morgan fingerprint density at radius 1 is 0.893 bits per heavy atom. The first-order valence-electron chi connectivity index (χ1n) is 9.94. The van der Waals surface area contributed by atoms with Gasteiger partial charge >= 0.3 is 0 Å². The largest absolute Gasteiger partial charge is 0.372 e. The Balaban J connectivity index is 1.35. The lowest BCUT2D eigenvalue weighted by Gasteiger charge is -2.17. The van der Waals surface area contributed by atoms with Crippen LogP contribution in [0.5, 0.6) is 0 Å². The van der Waals surface area contributed by atoms with Gasteiger partial charge in [-0.25, -0.2) is 9.82 Å². The molecule has 1 N–H and O–H groups in total. The lowest BCUT2D eigenvalue weighted by molar-refractivity contribution is 0.0955. The van der Waals surface area contributed by atoms with Crippen LogP contribution in [0.2, 0.25) is 0 Å². The van der Waals surface area contributed by atoms with Crippen LogP contribution >= 0.6 is 0 Å². The van der Waals surface area contributed by atoms with E-state index in [1.165, 1.54) is 25.1 Å². The van der Waals surface area contributed by atoms with Gasteiger partial charge in [0, 0.05) is 48.7 Å². The van der Waals surface area contributed by atoms with Gasteiger partial charge < -0.3 is 9.80 Å². The third-order valence-electron chi connectivity index (χ3n) is 5.43. The van der Waals surface area contributed by atoms with Crippen molar-refractivity contribution in [3.8, 4) is 0 Å². The normalized spacial score (nSPS) is 16.9. The van der Waals surface area contributed by atoms with E-state index < -0.39 is 0 Å². The van der Waals surface area contributed by atoms with Crippen molar-refractivity contribution in [2.45, 2.75) is 25.7 Å². The molecule has 2 heterocycles. The molecule has 2 saturated heterocycles. The number of hydrazone groups is 1. The molecule has 0 bridgehead atoms. The molecule has 0 aromatic heterocycles. The fraction of sp³-hybridized carbons (Fsp3) is 0.364. The molecular formula is C22H25FN4O. The number of nitrogens with zero attached hydrogens (tertiary/aromatic N) is 3. The Morgan fingerprint density at radius 3 is 2.07 bits per heavy atom. The molecule has 1 amide bonds. The first-order chi connectivity index (χ1) is 13.7. The second-order valence-corrected chi connectivity index (χ2v) is 7.34. The lowest BCUT2D eigenvalue weighted by atomic mass is 10.2. The monoisotopic (exact) mass is 380 g/mol. The molecule has 6 heteroatoms. The molecule has 0 atom stereocenters. The van der Waals surface area contributed by atoms with Crippen LogP contribution in [-0.2, 0) is 0 Å². The Labute approximate surface area is 164 Å². The van der Waals surface area contributed by atoms with Crippen LogP contribution in [0.15, 0.2) is 47.6 Å². The first-order valence-corrected chi connectivity index (χ1v) is 9.94. The van der Waals surface area contributed by atoms with Crippen LogP contribution in [0.1, 0.15) is 41.6 Å². The van der Waals surface area contributed by atoms with Crippen LogP contribution in [0, 0.1) is 5.82 Å². The van der Waals surface area contributed by atoms with Crippen molar-refractivity contribution >= 4 is 23.5 Å². The van der Waals surface area contributed by atoms with E-state index >= 15 is 0 Å². The molecule has 2 aliphatic heterocycles. The van der Waals surface area contributed by atoms with Gasteiger partial charge in [-0.3, -0.25) is 4.79 Å². The first kappa shape index (κ1) is 18.5. The molecule has 0 aliphatic carbocycles. The second-order valence-electron chi connectivity index (χ2n) is 7.34. The van der Waals surface area contributed by atoms with E-state index in [4.69, 9.17) is 0 Å². The standard InChI is InChI=1S/C22H25FN4O/c23-21-15-20(27-13-3-4-14-27)10-7-18(21)16-24-25-22(28)17-5-8-19(9-6-17)26-11-1-2-12-26/h5-10,15-16H,1-4,11-14H2,(H,25,28)/b24-16-. The van der Waals surface area contributed by atoms with Gasteiger partial charge in [0.25, 0.3) is 5.91 Å². The number of carbonyl (C=O) groups excluding carboxylic acids is 1. The summed E-state index contributed by atoms with van der Waals surface area (Å²) in [7, 11) is 0. The van der Waals surface area contributed by atoms with Crippen molar-refractivity contribution in [3.63, 3.8) is 0 Å². The van der Waals surface area contributed by atoms with Crippen molar-refractivity contribution in [3.05, 3.63) is 59.4 Å². The SMILES string of the molecule is O=C(N/N=C\c1ccc(N2CCCC2)cc1F)c1ccc(N2CCCC2)cc1. The van der Waals surface area contributed by atoms with Crippen LogP contribution in [-0.4, -0.2) is 38.3 Å².